The minimum Gasteiger partial charge on any atom is -0.325 e. The van der Waals surface area contributed by atoms with Gasteiger partial charge in [0.1, 0.15) is 0 Å². The summed E-state index contributed by atoms with van der Waals surface area (Å²) in [6.07, 6.45) is 5.21. The first-order valence-corrected chi connectivity index (χ1v) is 6.74. The highest BCUT2D eigenvalue weighted by Gasteiger charge is 2.16. The number of aromatic nitrogens is 1. The van der Waals surface area contributed by atoms with Gasteiger partial charge >= 0.3 is 6.03 Å². The van der Waals surface area contributed by atoms with Crippen LogP contribution in [-0.2, 0) is 0 Å². The first kappa shape index (κ1) is 12.0. The Hall–Kier alpha value is -2.10. The Kier molecular flexibility index (Phi) is 3.31. The number of urea groups is 1. The highest BCUT2D eigenvalue weighted by Crippen LogP contribution is 2.18. The predicted molar refractivity (Wildman–Crippen MR) is 76.2 cm³/mol. The van der Waals surface area contributed by atoms with Gasteiger partial charge in [0.15, 0.2) is 0 Å². The first-order valence-electron chi connectivity index (χ1n) is 6.74. The van der Waals surface area contributed by atoms with Gasteiger partial charge in [0, 0.05) is 30.4 Å². The molecule has 0 unspecified atom stereocenters. The second-order valence-corrected chi connectivity index (χ2v) is 4.89. The molecule has 4 heteroatoms. The van der Waals surface area contributed by atoms with E-state index in [4.69, 9.17) is 0 Å². The zero-order valence-corrected chi connectivity index (χ0v) is 10.8. The molecule has 4 nitrogen and oxygen atoms in total. The molecule has 0 aliphatic carbocycles. The van der Waals surface area contributed by atoms with Gasteiger partial charge < -0.3 is 10.2 Å². The molecule has 0 saturated carbocycles. The summed E-state index contributed by atoms with van der Waals surface area (Å²) in [5, 5.41) is 4.00. The van der Waals surface area contributed by atoms with Crippen molar-refractivity contribution in [3.05, 3.63) is 36.5 Å². The molecule has 1 N–H and O–H groups in total. The van der Waals surface area contributed by atoms with E-state index in [0.717, 1.165) is 42.5 Å². The van der Waals surface area contributed by atoms with Crippen LogP contribution in [0.2, 0.25) is 0 Å². The van der Waals surface area contributed by atoms with E-state index in [1.807, 2.05) is 35.2 Å². The second-order valence-electron chi connectivity index (χ2n) is 4.89. The zero-order valence-electron chi connectivity index (χ0n) is 10.8. The van der Waals surface area contributed by atoms with Crippen molar-refractivity contribution in [1.82, 2.24) is 9.88 Å². The van der Waals surface area contributed by atoms with Gasteiger partial charge in [-0.1, -0.05) is 6.07 Å². The van der Waals surface area contributed by atoms with E-state index in [9.17, 15) is 4.79 Å². The molecular weight excluding hydrogens is 238 g/mol. The van der Waals surface area contributed by atoms with Crippen LogP contribution < -0.4 is 5.32 Å². The third kappa shape index (κ3) is 2.67. The number of hydrogen-bond acceptors (Lipinski definition) is 2. The summed E-state index contributed by atoms with van der Waals surface area (Å²) in [7, 11) is 0. The van der Waals surface area contributed by atoms with E-state index < -0.39 is 0 Å². The third-order valence-corrected chi connectivity index (χ3v) is 3.50. The van der Waals surface area contributed by atoms with Crippen molar-refractivity contribution in [2.45, 2.75) is 19.3 Å². The van der Waals surface area contributed by atoms with Gasteiger partial charge in [0.25, 0.3) is 0 Å². The maximum atomic E-state index is 12.1. The molecule has 98 valence electrons. The number of nitrogens with one attached hydrogen (secondary N) is 1. The first-order chi connectivity index (χ1) is 9.33. The molecule has 2 aromatic rings. The van der Waals surface area contributed by atoms with Crippen LogP contribution in [-0.4, -0.2) is 29.0 Å². The summed E-state index contributed by atoms with van der Waals surface area (Å²) in [6, 6.07) is 9.70. The molecule has 3 rings (SSSR count). The van der Waals surface area contributed by atoms with Crippen molar-refractivity contribution in [2.24, 2.45) is 0 Å². The van der Waals surface area contributed by atoms with Gasteiger partial charge in [-0.3, -0.25) is 4.98 Å². The average Bonchev–Trinajstić information content (AvgIpc) is 2.48. The van der Waals surface area contributed by atoms with E-state index in [2.05, 4.69) is 10.3 Å². The molecule has 1 saturated heterocycles. The third-order valence-electron chi connectivity index (χ3n) is 3.50. The molecule has 1 aliphatic rings. The molecule has 19 heavy (non-hydrogen) atoms. The van der Waals surface area contributed by atoms with Crippen molar-refractivity contribution < 1.29 is 4.79 Å². The van der Waals surface area contributed by atoms with Crippen molar-refractivity contribution in [3.63, 3.8) is 0 Å². The smallest absolute Gasteiger partial charge is 0.321 e. The molecule has 1 aliphatic heterocycles. The largest absolute Gasteiger partial charge is 0.325 e. The Morgan fingerprint density at radius 1 is 1.16 bits per heavy atom. The van der Waals surface area contributed by atoms with Crippen LogP contribution in [0, 0.1) is 0 Å². The Labute approximate surface area is 112 Å². The van der Waals surface area contributed by atoms with Crippen LogP contribution >= 0.6 is 0 Å². The van der Waals surface area contributed by atoms with Crippen molar-refractivity contribution in [3.8, 4) is 0 Å². The molecular formula is C15H17N3O. The summed E-state index contributed by atoms with van der Waals surface area (Å²) in [5.74, 6) is 0. The summed E-state index contributed by atoms with van der Waals surface area (Å²) < 4.78 is 0. The lowest BCUT2D eigenvalue weighted by molar-refractivity contribution is 0.200. The molecule has 1 aromatic heterocycles. The lowest BCUT2D eigenvalue weighted by atomic mass is 10.1. The second kappa shape index (κ2) is 5.26. The van der Waals surface area contributed by atoms with Crippen molar-refractivity contribution in [1.29, 1.82) is 0 Å². The van der Waals surface area contributed by atoms with Crippen LogP contribution in [0.25, 0.3) is 10.9 Å². The summed E-state index contributed by atoms with van der Waals surface area (Å²) in [6.45, 7) is 1.72. The number of pyridine rings is 1. The number of anilines is 1. The normalized spacial score (nSPS) is 15.5. The summed E-state index contributed by atoms with van der Waals surface area (Å²) >= 11 is 0. The molecule has 0 radical (unpaired) electrons. The predicted octanol–water partition coefficient (Wildman–Crippen LogP) is 3.25. The fourth-order valence-corrected chi connectivity index (χ4v) is 2.45. The minimum atomic E-state index is 0.00272. The van der Waals surface area contributed by atoms with Gasteiger partial charge in [0.05, 0.1) is 5.52 Å². The number of nitrogens with zero attached hydrogens (tertiary/aromatic N) is 2. The number of carbonyl (C=O) groups excluding carboxylic acids is 1. The Morgan fingerprint density at radius 3 is 2.84 bits per heavy atom. The van der Waals surface area contributed by atoms with Gasteiger partial charge in [-0.2, -0.15) is 0 Å². The quantitative estimate of drug-likeness (QED) is 0.850. The number of hydrogen-bond donors (Lipinski definition) is 1. The zero-order chi connectivity index (χ0) is 13.1. The topological polar surface area (TPSA) is 45.2 Å². The van der Waals surface area contributed by atoms with Crippen LogP contribution in [0.1, 0.15) is 19.3 Å². The van der Waals surface area contributed by atoms with E-state index in [1.54, 1.807) is 6.20 Å². The lowest BCUT2D eigenvalue weighted by Crippen LogP contribution is -2.38. The van der Waals surface area contributed by atoms with E-state index in [0.29, 0.717) is 0 Å². The van der Waals surface area contributed by atoms with Crippen LogP contribution in [0.15, 0.2) is 36.5 Å². The Bertz CT molecular complexity index is 591. The number of likely N-dealkylation sites (tertiary alicyclic amines) is 1. The van der Waals surface area contributed by atoms with E-state index in [1.165, 1.54) is 6.42 Å². The fraction of sp³-hybridized carbons (Fsp3) is 0.333. The van der Waals surface area contributed by atoms with Crippen molar-refractivity contribution >= 4 is 22.6 Å². The van der Waals surface area contributed by atoms with Crippen LogP contribution in [0.3, 0.4) is 0 Å². The van der Waals surface area contributed by atoms with Crippen LogP contribution in [0.5, 0.6) is 0 Å². The number of fused-ring (bicyclic) bond motifs is 1. The van der Waals surface area contributed by atoms with E-state index in [-0.39, 0.29) is 6.03 Å². The monoisotopic (exact) mass is 255 g/mol. The number of rotatable bonds is 1. The number of amides is 2. The molecule has 0 spiro atoms. The molecule has 2 heterocycles. The van der Waals surface area contributed by atoms with Crippen molar-refractivity contribution in [2.75, 3.05) is 18.4 Å². The molecule has 2 amide bonds. The van der Waals surface area contributed by atoms with Crippen LogP contribution in [0.4, 0.5) is 10.5 Å². The maximum Gasteiger partial charge on any atom is 0.321 e. The van der Waals surface area contributed by atoms with E-state index >= 15 is 0 Å². The van der Waals surface area contributed by atoms with Gasteiger partial charge in [-0.05, 0) is 43.5 Å². The molecule has 0 bridgehead atoms. The summed E-state index contributed by atoms with van der Waals surface area (Å²) in [4.78, 5) is 18.3. The fourth-order valence-electron chi connectivity index (χ4n) is 2.45. The number of piperidine rings is 1. The molecule has 1 fully saturated rings. The Morgan fingerprint density at radius 2 is 2.00 bits per heavy atom. The highest BCUT2D eigenvalue weighted by molar-refractivity contribution is 5.92. The summed E-state index contributed by atoms with van der Waals surface area (Å²) in [5.41, 5.74) is 1.77. The minimum absolute atomic E-state index is 0.00272. The standard InChI is InChI=1S/C15H17N3O/c19-15(18-9-2-1-3-10-18)17-13-6-7-14-12(11-13)5-4-8-16-14/h4-8,11H,1-3,9-10H2,(H,17,19). The number of carbonyl (C=O) groups is 1. The molecule has 1 aromatic carbocycles. The Balaban J connectivity index is 1.75. The average molecular weight is 255 g/mol. The van der Waals surface area contributed by atoms with Gasteiger partial charge in [-0.15, -0.1) is 0 Å². The molecule has 0 atom stereocenters. The van der Waals surface area contributed by atoms with Gasteiger partial charge in [0.2, 0.25) is 0 Å². The number of benzene rings is 1. The SMILES string of the molecule is O=C(Nc1ccc2ncccc2c1)N1CCCCC1. The maximum absolute atomic E-state index is 12.1. The highest BCUT2D eigenvalue weighted by atomic mass is 16.2. The van der Waals surface area contributed by atoms with Gasteiger partial charge in [-0.25, -0.2) is 4.79 Å². The lowest BCUT2D eigenvalue weighted by Gasteiger charge is -2.26.